The molecule has 0 saturated carbocycles. The van der Waals surface area contributed by atoms with Gasteiger partial charge in [0.25, 0.3) is 0 Å². The Bertz CT molecular complexity index is 553. The number of hydrogen-bond donors (Lipinski definition) is 1. The molecule has 0 amide bonds. The van der Waals surface area contributed by atoms with Crippen LogP contribution in [-0.2, 0) is 0 Å². The molecule has 0 fully saturated rings. The molecule has 2 aromatic rings. The number of fused-ring (bicyclic) bond motifs is 1. The Morgan fingerprint density at radius 3 is 2.88 bits per heavy atom. The van der Waals surface area contributed by atoms with Crippen LogP contribution in [0.4, 0.5) is 0 Å². The summed E-state index contributed by atoms with van der Waals surface area (Å²) in [5.74, 6) is 0. The summed E-state index contributed by atoms with van der Waals surface area (Å²) < 4.78 is 1.34. The fourth-order valence-electron chi connectivity index (χ4n) is 2.58. The number of hydrogen-bond acceptors (Lipinski definition) is 2. The lowest BCUT2D eigenvalue weighted by molar-refractivity contribution is 0.650. The van der Waals surface area contributed by atoms with Crippen LogP contribution in [0.25, 0.3) is 10.1 Å². The summed E-state index contributed by atoms with van der Waals surface area (Å²) in [6.45, 7) is 0. The Kier molecular flexibility index (Phi) is 3.00. The lowest BCUT2D eigenvalue weighted by Crippen LogP contribution is -2.14. The third kappa shape index (κ3) is 2.03. The average Bonchev–Trinajstić information content (AvgIpc) is 2.83. The van der Waals surface area contributed by atoms with Crippen LogP contribution in [0, 0.1) is 0 Å². The zero-order chi connectivity index (χ0) is 11.7. The summed E-state index contributed by atoms with van der Waals surface area (Å²) in [4.78, 5) is 0. The van der Waals surface area contributed by atoms with E-state index in [1.54, 1.807) is 11.3 Å². The Balaban J connectivity index is 2.00. The second kappa shape index (κ2) is 4.63. The maximum atomic E-state index is 6.42. The van der Waals surface area contributed by atoms with E-state index < -0.39 is 0 Å². The second-order valence-corrected chi connectivity index (χ2v) is 5.60. The molecule has 88 valence electrons. The van der Waals surface area contributed by atoms with Gasteiger partial charge >= 0.3 is 0 Å². The van der Waals surface area contributed by atoms with E-state index in [-0.39, 0.29) is 6.04 Å². The minimum atomic E-state index is 0.103. The quantitative estimate of drug-likeness (QED) is 0.777. The summed E-state index contributed by atoms with van der Waals surface area (Å²) in [7, 11) is 0. The van der Waals surface area contributed by atoms with Gasteiger partial charge in [0.15, 0.2) is 0 Å². The normalized spacial score (nSPS) is 18.1. The highest BCUT2D eigenvalue weighted by Crippen LogP contribution is 2.35. The van der Waals surface area contributed by atoms with E-state index in [0.717, 1.165) is 0 Å². The summed E-state index contributed by atoms with van der Waals surface area (Å²) >= 11 is 1.80. The smallest absolute Gasteiger partial charge is 0.0525 e. The molecule has 1 nitrogen and oxygen atoms in total. The van der Waals surface area contributed by atoms with Crippen molar-refractivity contribution in [1.82, 2.24) is 0 Å². The van der Waals surface area contributed by atoms with Gasteiger partial charge in [-0.1, -0.05) is 29.8 Å². The molecule has 0 bridgehead atoms. The minimum Gasteiger partial charge on any atom is -0.321 e. The Hall–Kier alpha value is -1.12. The van der Waals surface area contributed by atoms with Crippen LogP contribution < -0.4 is 5.73 Å². The first-order valence-electron chi connectivity index (χ1n) is 6.27. The number of benzene rings is 1. The molecule has 1 aromatic heterocycles. The van der Waals surface area contributed by atoms with Crippen LogP contribution in [0.5, 0.6) is 0 Å². The third-order valence-electron chi connectivity index (χ3n) is 3.57. The molecule has 1 aliphatic rings. The maximum Gasteiger partial charge on any atom is 0.0525 e. The molecular formula is C15H17NS. The van der Waals surface area contributed by atoms with Crippen molar-refractivity contribution >= 4 is 21.4 Å². The number of allylic oxidation sites excluding steroid dienone is 1. The van der Waals surface area contributed by atoms with E-state index in [9.17, 15) is 0 Å². The fraction of sp³-hybridized carbons (Fsp3) is 0.333. The van der Waals surface area contributed by atoms with Crippen LogP contribution in [0.3, 0.4) is 0 Å². The standard InChI is InChI=1S/C15H17NS/c16-15(11-6-2-1-3-7-11)13-10-17-14-9-5-4-8-12(13)14/h4-6,8-10,15H,1-3,7,16H2. The van der Waals surface area contributed by atoms with Crippen molar-refractivity contribution in [3.05, 3.63) is 46.9 Å². The zero-order valence-corrected chi connectivity index (χ0v) is 10.7. The van der Waals surface area contributed by atoms with Crippen molar-refractivity contribution < 1.29 is 0 Å². The van der Waals surface area contributed by atoms with Crippen molar-refractivity contribution in [3.8, 4) is 0 Å². The van der Waals surface area contributed by atoms with Gasteiger partial charge < -0.3 is 5.73 Å². The Labute approximate surface area is 106 Å². The van der Waals surface area contributed by atoms with Gasteiger partial charge in [-0.15, -0.1) is 11.3 Å². The summed E-state index contributed by atoms with van der Waals surface area (Å²) in [6.07, 6.45) is 7.33. The van der Waals surface area contributed by atoms with E-state index in [0.29, 0.717) is 0 Å². The molecule has 1 heterocycles. The molecule has 0 radical (unpaired) electrons. The first kappa shape index (κ1) is 11.0. The van der Waals surface area contributed by atoms with E-state index in [1.165, 1.54) is 46.9 Å². The SMILES string of the molecule is NC(C1=CCCCC1)c1csc2ccccc12. The van der Waals surface area contributed by atoms with Gasteiger partial charge in [0.05, 0.1) is 6.04 Å². The van der Waals surface area contributed by atoms with Crippen molar-refractivity contribution in [3.63, 3.8) is 0 Å². The first-order chi connectivity index (χ1) is 8.36. The minimum absolute atomic E-state index is 0.103. The third-order valence-corrected chi connectivity index (χ3v) is 4.55. The molecular weight excluding hydrogens is 226 g/mol. The monoisotopic (exact) mass is 243 g/mol. The van der Waals surface area contributed by atoms with Crippen molar-refractivity contribution in [2.75, 3.05) is 0 Å². The summed E-state index contributed by atoms with van der Waals surface area (Å²) in [6, 6.07) is 8.65. The summed E-state index contributed by atoms with van der Waals surface area (Å²) in [5, 5.41) is 3.56. The van der Waals surface area contributed by atoms with Crippen LogP contribution in [0.1, 0.15) is 37.3 Å². The van der Waals surface area contributed by atoms with Gasteiger partial charge in [-0.2, -0.15) is 0 Å². The van der Waals surface area contributed by atoms with Gasteiger partial charge in [-0.25, -0.2) is 0 Å². The largest absolute Gasteiger partial charge is 0.321 e. The van der Waals surface area contributed by atoms with E-state index in [1.807, 2.05) is 0 Å². The predicted octanol–water partition coefficient (Wildman–Crippen LogP) is 4.40. The second-order valence-electron chi connectivity index (χ2n) is 4.69. The van der Waals surface area contributed by atoms with Crippen LogP contribution in [0.15, 0.2) is 41.3 Å². The van der Waals surface area contributed by atoms with E-state index in [2.05, 4.69) is 35.7 Å². The highest BCUT2D eigenvalue weighted by atomic mass is 32.1. The zero-order valence-electron chi connectivity index (χ0n) is 9.86. The summed E-state index contributed by atoms with van der Waals surface area (Å²) in [5.41, 5.74) is 9.15. The van der Waals surface area contributed by atoms with Gasteiger partial charge in [-0.05, 0) is 48.1 Å². The van der Waals surface area contributed by atoms with Gasteiger partial charge in [-0.3, -0.25) is 0 Å². The van der Waals surface area contributed by atoms with Gasteiger partial charge in [0.1, 0.15) is 0 Å². The van der Waals surface area contributed by atoms with Crippen LogP contribution >= 0.6 is 11.3 Å². The average molecular weight is 243 g/mol. The van der Waals surface area contributed by atoms with Gasteiger partial charge in [0, 0.05) is 4.70 Å². The van der Waals surface area contributed by atoms with Crippen LogP contribution in [-0.4, -0.2) is 0 Å². The predicted molar refractivity (Wildman–Crippen MR) is 75.3 cm³/mol. The molecule has 2 N–H and O–H groups in total. The molecule has 1 unspecified atom stereocenters. The molecule has 1 atom stereocenters. The molecule has 3 rings (SSSR count). The Morgan fingerprint density at radius 2 is 2.06 bits per heavy atom. The number of thiophene rings is 1. The fourth-order valence-corrected chi connectivity index (χ4v) is 3.58. The molecule has 0 aliphatic heterocycles. The molecule has 17 heavy (non-hydrogen) atoms. The highest BCUT2D eigenvalue weighted by molar-refractivity contribution is 7.17. The van der Waals surface area contributed by atoms with E-state index >= 15 is 0 Å². The van der Waals surface area contributed by atoms with E-state index in [4.69, 9.17) is 5.73 Å². The van der Waals surface area contributed by atoms with Crippen molar-refractivity contribution in [2.24, 2.45) is 5.73 Å². The molecule has 2 heteroatoms. The van der Waals surface area contributed by atoms with Gasteiger partial charge in [0.2, 0.25) is 0 Å². The van der Waals surface area contributed by atoms with Crippen molar-refractivity contribution in [2.45, 2.75) is 31.7 Å². The molecule has 1 aliphatic carbocycles. The highest BCUT2D eigenvalue weighted by Gasteiger charge is 2.17. The maximum absolute atomic E-state index is 6.42. The Morgan fingerprint density at radius 1 is 1.18 bits per heavy atom. The lowest BCUT2D eigenvalue weighted by Gasteiger charge is -2.19. The molecule has 0 saturated heterocycles. The number of rotatable bonds is 2. The topological polar surface area (TPSA) is 26.0 Å². The first-order valence-corrected chi connectivity index (χ1v) is 7.15. The number of nitrogens with two attached hydrogens (primary N) is 1. The molecule has 0 spiro atoms. The van der Waals surface area contributed by atoms with Crippen LogP contribution in [0.2, 0.25) is 0 Å². The lowest BCUT2D eigenvalue weighted by atomic mass is 9.90. The molecule has 1 aromatic carbocycles. The van der Waals surface area contributed by atoms with Crippen molar-refractivity contribution in [1.29, 1.82) is 0 Å².